The molecule has 0 saturated heterocycles. The van der Waals surface area contributed by atoms with E-state index in [0.717, 1.165) is 24.3 Å². The van der Waals surface area contributed by atoms with Crippen molar-refractivity contribution in [2.45, 2.75) is 12.3 Å². The Labute approximate surface area is 99.6 Å². The molecule has 4 heteroatoms. The highest BCUT2D eigenvalue weighted by molar-refractivity contribution is 9.08. The van der Waals surface area contributed by atoms with Crippen molar-refractivity contribution < 1.29 is 4.74 Å². The molecule has 0 atom stereocenters. The highest BCUT2D eigenvalue weighted by Gasteiger charge is 2.06. The van der Waals surface area contributed by atoms with Crippen LogP contribution in [-0.4, -0.2) is 32.3 Å². The van der Waals surface area contributed by atoms with Crippen LogP contribution >= 0.6 is 15.9 Å². The Kier molecular flexibility index (Phi) is 5.05. The van der Waals surface area contributed by atoms with E-state index in [1.165, 1.54) is 11.1 Å². The first kappa shape index (κ1) is 12.5. The summed E-state index contributed by atoms with van der Waals surface area (Å²) in [6, 6.07) is 2.15. The molecular weight excluding hydrogens is 256 g/mol. The summed E-state index contributed by atoms with van der Waals surface area (Å²) in [7, 11) is 3.74. The zero-order valence-corrected chi connectivity index (χ0v) is 11.0. The number of halogens is 1. The van der Waals surface area contributed by atoms with E-state index in [-0.39, 0.29) is 0 Å². The van der Waals surface area contributed by atoms with Crippen LogP contribution in [0.15, 0.2) is 12.3 Å². The largest absolute Gasteiger partial charge is 0.383 e. The molecule has 0 aliphatic heterocycles. The summed E-state index contributed by atoms with van der Waals surface area (Å²) in [5.74, 6) is 1.02. The molecule has 1 heterocycles. The van der Waals surface area contributed by atoms with Gasteiger partial charge in [-0.05, 0) is 18.1 Å². The molecule has 1 aromatic heterocycles. The third-order valence-electron chi connectivity index (χ3n) is 2.25. The molecule has 0 aliphatic rings. The SMILES string of the molecule is COCCN(C)c1ncc(CBr)cc1C. The fourth-order valence-electron chi connectivity index (χ4n) is 1.43. The number of methoxy groups -OCH3 is 1. The van der Waals surface area contributed by atoms with Crippen molar-refractivity contribution in [1.82, 2.24) is 4.98 Å². The Hall–Kier alpha value is -0.610. The van der Waals surface area contributed by atoms with E-state index in [9.17, 15) is 0 Å². The highest BCUT2D eigenvalue weighted by Crippen LogP contribution is 2.17. The summed E-state index contributed by atoms with van der Waals surface area (Å²) in [5.41, 5.74) is 2.40. The second-order valence-corrected chi connectivity index (χ2v) is 4.09. The van der Waals surface area contributed by atoms with E-state index in [0.29, 0.717) is 0 Å². The predicted octanol–water partition coefficient (Wildman–Crippen LogP) is 2.37. The minimum absolute atomic E-state index is 0.720. The highest BCUT2D eigenvalue weighted by atomic mass is 79.9. The van der Waals surface area contributed by atoms with Gasteiger partial charge >= 0.3 is 0 Å². The van der Waals surface area contributed by atoms with E-state index in [1.807, 2.05) is 13.2 Å². The summed E-state index contributed by atoms with van der Waals surface area (Å²) >= 11 is 3.42. The number of pyridine rings is 1. The van der Waals surface area contributed by atoms with Crippen LogP contribution in [-0.2, 0) is 10.1 Å². The van der Waals surface area contributed by atoms with Gasteiger partial charge in [-0.2, -0.15) is 0 Å². The number of aryl methyl sites for hydroxylation is 1. The van der Waals surface area contributed by atoms with E-state index >= 15 is 0 Å². The number of nitrogens with zero attached hydrogens (tertiary/aromatic N) is 2. The maximum atomic E-state index is 5.04. The lowest BCUT2D eigenvalue weighted by molar-refractivity contribution is 0.206. The van der Waals surface area contributed by atoms with Crippen LogP contribution in [0.1, 0.15) is 11.1 Å². The first-order chi connectivity index (χ1) is 7.19. The third kappa shape index (κ3) is 3.47. The fraction of sp³-hybridized carbons (Fsp3) is 0.545. The van der Waals surface area contributed by atoms with Crippen molar-refractivity contribution in [3.05, 3.63) is 23.4 Å². The molecule has 84 valence electrons. The van der Waals surface area contributed by atoms with Gasteiger partial charge in [0, 0.05) is 32.2 Å². The normalized spacial score (nSPS) is 10.4. The Morgan fingerprint density at radius 1 is 1.53 bits per heavy atom. The lowest BCUT2D eigenvalue weighted by atomic mass is 10.2. The molecule has 0 aliphatic carbocycles. The molecule has 0 amide bonds. The smallest absolute Gasteiger partial charge is 0.131 e. The Balaban J connectivity index is 2.76. The monoisotopic (exact) mass is 272 g/mol. The quantitative estimate of drug-likeness (QED) is 0.770. The topological polar surface area (TPSA) is 25.4 Å². The number of rotatable bonds is 5. The van der Waals surface area contributed by atoms with Gasteiger partial charge < -0.3 is 9.64 Å². The Bertz CT molecular complexity index is 317. The van der Waals surface area contributed by atoms with Crippen molar-refractivity contribution >= 4 is 21.7 Å². The van der Waals surface area contributed by atoms with Gasteiger partial charge in [0.2, 0.25) is 0 Å². The minimum atomic E-state index is 0.720. The van der Waals surface area contributed by atoms with Gasteiger partial charge in [-0.1, -0.05) is 22.0 Å². The molecule has 0 N–H and O–H groups in total. The Morgan fingerprint density at radius 3 is 2.80 bits per heavy atom. The zero-order chi connectivity index (χ0) is 11.3. The van der Waals surface area contributed by atoms with Crippen molar-refractivity contribution in [2.24, 2.45) is 0 Å². The molecule has 1 rings (SSSR count). The molecule has 0 fully saturated rings. The molecule has 0 bridgehead atoms. The number of likely N-dealkylation sites (N-methyl/N-ethyl adjacent to an activating group) is 1. The second-order valence-electron chi connectivity index (χ2n) is 3.53. The molecule has 15 heavy (non-hydrogen) atoms. The number of alkyl halides is 1. The first-order valence-corrected chi connectivity index (χ1v) is 6.02. The van der Waals surface area contributed by atoms with E-state index in [1.54, 1.807) is 7.11 Å². The number of hydrogen-bond acceptors (Lipinski definition) is 3. The first-order valence-electron chi connectivity index (χ1n) is 4.90. The van der Waals surface area contributed by atoms with E-state index in [4.69, 9.17) is 4.74 Å². The molecule has 1 aromatic rings. The Morgan fingerprint density at radius 2 is 2.27 bits per heavy atom. The van der Waals surface area contributed by atoms with Crippen molar-refractivity contribution in [1.29, 1.82) is 0 Å². The predicted molar refractivity (Wildman–Crippen MR) is 66.8 cm³/mol. The number of anilines is 1. The standard InChI is InChI=1S/C11H17BrN2O/c1-9-6-10(7-12)8-13-11(9)14(2)4-5-15-3/h6,8H,4-5,7H2,1-3H3. The van der Waals surface area contributed by atoms with Crippen LogP contribution in [0.5, 0.6) is 0 Å². The van der Waals surface area contributed by atoms with Crippen LogP contribution in [0.2, 0.25) is 0 Å². The van der Waals surface area contributed by atoms with E-state index < -0.39 is 0 Å². The van der Waals surface area contributed by atoms with Crippen LogP contribution in [0, 0.1) is 6.92 Å². The van der Waals surface area contributed by atoms with Crippen LogP contribution in [0.3, 0.4) is 0 Å². The molecule has 0 unspecified atom stereocenters. The lowest BCUT2D eigenvalue weighted by Crippen LogP contribution is -2.23. The maximum absolute atomic E-state index is 5.04. The van der Waals surface area contributed by atoms with Gasteiger partial charge in [0.05, 0.1) is 6.61 Å². The molecule has 0 radical (unpaired) electrons. The van der Waals surface area contributed by atoms with Crippen molar-refractivity contribution in [3.8, 4) is 0 Å². The fourth-order valence-corrected chi connectivity index (χ4v) is 1.74. The summed E-state index contributed by atoms with van der Waals surface area (Å²) in [4.78, 5) is 6.55. The van der Waals surface area contributed by atoms with Gasteiger partial charge in [0.25, 0.3) is 0 Å². The molecule has 0 saturated carbocycles. The number of aromatic nitrogens is 1. The second kappa shape index (κ2) is 6.08. The zero-order valence-electron chi connectivity index (χ0n) is 9.46. The number of ether oxygens (including phenoxy) is 1. The van der Waals surface area contributed by atoms with Crippen molar-refractivity contribution in [3.63, 3.8) is 0 Å². The van der Waals surface area contributed by atoms with Gasteiger partial charge in [-0.25, -0.2) is 4.98 Å². The van der Waals surface area contributed by atoms with Crippen molar-refractivity contribution in [2.75, 3.05) is 32.2 Å². The van der Waals surface area contributed by atoms with Gasteiger partial charge in [-0.15, -0.1) is 0 Å². The summed E-state index contributed by atoms with van der Waals surface area (Å²) in [6.45, 7) is 3.66. The lowest BCUT2D eigenvalue weighted by Gasteiger charge is -2.19. The maximum Gasteiger partial charge on any atom is 0.131 e. The third-order valence-corrected chi connectivity index (χ3v) is 2.90. The summed E-state index contributed by atoms with van der Waals surface area (Å²) < 4.78 is 5.04. The van der Waals surface area contributed by atoms with Crippen LogP contribution < -0.4 is 4.90 Å². The minimum Gasteiger partial charge on any atom is -0.383 e. The molecule has 0 aromatic carbocycles. The van der Waals surface area contributed by atoms with Crippen LogP contribution in [0.4, 0.5) is 5.82 Å². The average Bonchev–Trinajstić information content (AvgIpc) is 2.25. The molecule has 3 nitrogen and oxygen atoms in total. The van der Waals surface area contributed by atoms with Crippen LogP contribution in [0.25, 0.3) is 0 Å². The van der Waals surface area contributed by atoms with Gasteiger partial charge in [0.1, 0.15) is 5.82 Å². The van der Waals surface area contributed by atoms with Gasteiger partial charge in [-0.3, -0.25) is 0 Å². The summed E-state index contributed by atoms with van der Waals surface area (Å²) in [6.07, 6.45) is 1.90. The van der Waals surface area contributed by atoms with Gasteiger partial charge in [0.15, 0.2) is 0 Å². The summed E-state index contributed by atoms with van der Waals surface area (Å²) in [5, 5.41) is 0.850. The molecular formula is C11H17BrN2O. The van der Waals surface area contributed by atoms with E-state index in [2.05, 4.69) is 38.8 Å². The average molecular weight is 273 g/mol. The molecule has 0 spiro atoms. The number of hydrogen-bond donors (Lipinski definition) is 0.